The Balaban J connectivity index is 2.31. The average Bonchev–Trinajstić information content (AvgIpc) is 2.78. The van der Waals surface area contributed by atoms with Gasteiger partial charge in [0.25, 0.3) is 0 Å². The zero-order valence-electron chi connectivity index (χ0n) is 8.58. The molecule has 0 aliphatic carbocycles. The first-order chi connectivity index (χ1) is 7.70. The molecule has 1 aromatic heterocycles. The number of rotatable bonds is 3. The summed E-state index contributed by atoms with van der Waals surface area (Å²) in [5.74, 6) is -0.545. The SMILES string of the molecule is COc1ccc(-n2cnc(C(=O)[O-])c2)cc1. The number of carboxylic acid groups (broad SMARTS) is 1. The number of methoxy groups -OCH3 is 1. The third-order valence-electron chi connectivity index (χ3n) is 2.16. The number of ether oxygens (including phenoxy) is 1. The van der Waals surface area contributed by atoms with E-state index in [9.17, 15) is 9.90 Å². The number of benzene rings is 1. The second kappa shape index (κ2) is 4.06. The molecule has 1 aromatic carbocycles. The molecule has 2 aromatic rings. The number of hydrogen-bond acceptors (Lipinski definition) is 4. The van der Waals surface area contributed by atoms with Gasteiger partial charge in [0.1, 0.15) is 11.4 Å². The predicted octanol–water partition coefficient (Wildman–Crippen LogP) is 0.244. The minimum absolute atomic E-state index is 0.0872. The van der Waals surface area contributed by atoms with E-state index in [-0.39, 0.29) is 5.69 Å². The van der Waals surface area contributed by atoms with Gasteiger partial charge in [0.2, 0.25) is 0 Å². The van der Waals surface area contributed by atoms with Crippen LogP contribution in [0.4, 0.5) is 0 Å². The van der Waals surface area contributed by atoms with Crippen LogP contribution in [0.5, 0.6) is 5.75 Å². The molecule has 0 fully saturated rings. The Bertz CT molecular complexity index is 502. The quantitative estimate of drug-likeness (QED) is 0.738. The lowest BCUT2D eigenvalue weighted by atomic mass is 10.3. The van der Waals surface area contributed by atoms with Crippen molar-refractivity contribution < 1.29 is 14.6 Å². The summed E-state index contributed by atoms with van der Waals surface area (Å²) < 4.78 is 6.62. The van der Waals surface area contributed by atoms with Gasteiger partial charge in [0.15, 0.2) is 0 Å². The first-order valence-corrected chi connectivity index (χ1v) is 4.60. The molecular formula is C11H9N2O3-. The number of aromatic nitrogens is 2. The zero-order valence-corrected chi connectivity index (χ0v) is 8.58. The summed E-state index contributed by atoms with van der Waals surface area (Å²) in [5.41, 5.74) is 0.719. The van der Waals surface area contributed by atoms with Gasteiger partial charge in [-0.05, 0) is 24.3 Å². The molecule has 0 spiro atoms. The average molecular weight is 217 g/mol. The fourth-order valence-electron chi connectivity index (χ4n) is 1.32. The van der Waals surface area contributed by atoms with E-state index in [1.54, 1.807) is 35.9 Å². The molecule has 1 heterocycles. The normalized spacial score (nSPS) is 10.1. The molecule has 0 aliphatic rings. The molecule has 82 valence electrons. The maximum absolute atomic E-state index is 10.5. The number of aromatic carboxylic acids is 1. The van der Waals surface area contributed by atoms with Gasteiger partial charge in [-0.2, -0.15) is 0 Å². The first-order valence-electron chi connectivity index (χ1n) is 4.60. The third-order valence-corrected chi connectivity index (χ3v) is 2.16. The Morgan fingerprint density at radius 1 is 1.38 bits per heavy atom. The molecule has 0 bridgehead atoms. The minimum Gasteiger partial charge on any atom is -0.543 e. The van der Waals surface area contributed by atoms with Crippen LogP contribution in [0.1, 0.15) is 10.5 Å². The van der Waals surface area contributed by atoms with Crippen LogP contribution in [0.25, 0.3) is 5.69 Å². The van der Waals surface area contributed by atoms with Gasteiger partial charge in [-0.1, -0.05) is 0 Å². The molecule has 0 aliphatic heterocycles. The summed E-state index contributed by atoms with van der Waals surface area (Å²) in [5, 5.41) is 10.5. The number of carbonyl (C=O) groups excluding carboxylic acids is 1. The van der Waals surface area contributed by atoms with E-state index in [1.165, 1.54) is 12.5 Å². The van der Waals surface area contributed by atoms with Gasteiger partial charge < -0.3 is 19.2 Å². The maximum atomic E-state index is 10.5. The van der Waals surface area contributed by atoms with Gasteiger partial charge in [-0.3, -0.25) is 0 Å². The molecule has 5 heteroatoms. The lowest BCUT2D eigenvalue weighted by Crippen LogP contribution is -2.22. The standard InChI is InChI=1S/C11H10N2O3/c1-16-9-4-2-8(3-5-9)13-6-10(11(14)15)12-7-13/h2-7H,1H3,(H,14,15)/p-1. The van der Waals surface area contributed by atoms with Gasteiger partial charge in [-0.15, -0.1) is 0 Å². The predicted molar refractivity (Wildman–Crippen MR) is 54.4 cm³/mol. The Hall–Kier alpha value is -2.30. The van der Waals surface area contributed by atoms with Crippen LogP contribution in [0.3, 0.4) is 0 Å². The number of carboxylic acids is 1. The van der Waals surface area contributed by atoms with Gasteiger partial charge in [0, 0.05) is 11.9 Å². The van der Waals surface area contributed by atoms with Crippen LogP contribution in [0.15, 0.2) is 36.8 Å². The Labute approximate surface area is 91.9 Å². The van der Waals surface area contributed by atoms with E-state index in [0.717, 1.165) is 11.4 Å². The fourth-order valence-corrected chi connectivity index (χ4v) is 1.32. The molecule has 16 heavy (non-hydrogen) atoms. The topological polar surface area (TPSA) is 67.2 Å². The smallest absolute Gasteiger partial charge is 0.119 e. The molecule has 0 N–H and O–H groups in total. The molecular weight excluding hydrogens is 208 g/mol. The van der Waals surface area contributed by atoms with E-state index < -0.39 is 5.97 Å². The Kier molecular flexibility index (Phi) is 2.59. The maximum Gasteiger partial charge on any atom is 0.119 e. The largest absolute Gasteiger partial charge is 0.543 e. The van der Waals surface area contributed by atoms with Gasteiger partial charge in [0.05, 0.1) is 19.4 Å². The molecule has 0 saturated carbocycles. The molecule has 0 radical (unpaired) electrons. The molecule has 0 unspecified atom stereocenters. The van der Waals surface area contributed by atoms with Crippen molar-refractivity contribution in [3.8, 4) is 11.4 Å². The number of imidazole rings is 1. The van der Waals surface area contributed by atoms with E-state index in [0.29, 0.717) is 0 Å². The van der Waals surface area contributed by atoms with Crippen LogP contribution in [0.2, 0.25) is 0 Å². The number of carbonyl (C=O) groups is 1. The second-order valence-corrected chi connectivity index (χ2v) is 3.15. The molecule has 0 atom stereocenters. The van der Waals surface area contributed by atoms with Crippen molar-refractivity contribution in [2.24, 2.45) is 0 Å². The molecule has 0 saturated heterocycles. The van der Waals surface area contributed by atoms with Crippen LogP contribution < -0.4 is 9.84 Å². The van der Waals surface area contributed by atoms with Gasteiger partial charge in [-0.25, -0.2) is 4.98 Å². The lowest BCUT2D eigenvalue weighted by Gasteiger charge is -2.03. The highest BCUT2D eigenvalue weighted by Crippen LogP contribution is 2.14. The van der Waals surface area contributed by atoms with Crippen molar-refractivity contribution in [3.05, 3.63) is 42.5 Å². The zero-order chi connectivity index (χ0) is 11.5. The van der Waals surface area contributed by atoms with Gasteiger partial charge >= 0.3 is 0 Å². The summed E-state index contributed by atoms with van der Waals surface area (Å²) in [7, 11) is 1.58. The third kappa shape index (κ3) is 1.88. The van der Waals surface area contributed by atoms with Crippen LogP contribution >= 0.6 is 0 Å². The summed E-state index contributed by atoms with van der Waals surface area (Å²) in [6.45, 7) is 0. The van der Waals surface area contributed by atoms with E-state index in [2.05, 4.69) is 4.98 Å². The molecule has 2 rings (SSSR count). The monoisotopic (exact) mass is 217 g/mol. The van der Waals surface area contributed by atoms with Crippen LogP contribution in [-0.4, -0.2) is 22.6 Å². The van der Waals surface area contributed by atoms with Crippen molar-refractivity contribution in [1.82, 2.24) is 9.55 Å². The van der Waals surface area contributed by atoms with E-state index >= 15 is 0 Å². The summed E-state index contributed by atoms with van der Waals surface area (Å²) in [6.07, 6.45) is 2.82. The highest BCUT2D eigenvalue weighted by molar-refractivity contribution is 5.83. The van der Waals surface area contributed by atoms with Crippen molar-refractivity contribution >= 4 is 5.97 Å². The molecule has 5 nitrogen and oxygen atoms in total. The highest BCUT2D eigenvalue weighted by Gasteiger charge is 2.01. The van der Waals surface area contributed by atoms with Crippen molar-refractivity contribution in [3.63, 3.8) is 0 Å². The Morgan fingerprint density at radius 3 is 2.56 bits per heavy atom. The van der Waals surface area contributed by atoms with E-state index in [4.69, 9.17) is 4.74 Å². The van der Waals surface area contributed by atoms with Crippen LogP contribution in [-0.2, 0) is 0 Å². The lowest BCUT2D eigenvalue weighted by molar-refractivity contribution is -0.255. The first kappa shape index (κ1) is 10.2. The summed E-state index contributed by atoms with van der Waals surface area (Å²) in [4.78, 5) is 14.2. The molecule has 0 amide bonds. The summed E-state index contributed by atoms with van der Waals surface area (Å²) >= 11 is 0. The van der Waals surface area contributed by atoms with Crippen molar-refractivity contribution in [2.45, 2.75) is 0 Å². The van der Waals surface area contributed by atoms with Crippen molar-refractivity contribution in [2.75, 3.05) is 7.11 Å². The second-order valence-electron chi connectivity index (χ2n) is 3.15. The van der Waals surface area contributed by atoms with Crippen LogP contribution in [0, 0.1) is 0 Å². The minimum atomic E-state index is -1.28. The van der Waals surface area contributed by atoms with Crippen molar-refractivity contribution in [1.29, 1.82) is 0 Å². The summed E-state index contributed by atoms with van der Waals surface area (Å²) in [6, 6.07) is 7.18. The number of hydrogen-bond donors (Lipinski definition) is 0. The highest BCUT2D eigenvalue weighted by atomic mass is 16.5. The fraction of sp³-hybridized carbons (Fsp3) is 0.0909. The van der Waals surface area contributed by atoms with E-state index in [1.807, 2.05) is 0 Å². The Morgan fingerprint density at radius 2 is 2.06 bits per heavy atom. The number of nitrogens with zero attached hydrogens (tertiary/aromatic N) is 2.